The van der Waals surface area contributed by atoms with Crippen LogP contribution in [0.3, 0.4) is 0 Å². The molecule has 0 atom stereocenters. The second kappa shape index (κ2) is 8.21. The Labute approximate surface area is 164 Å². The van der Waals surface area contributed by atoms with E-state index in [2.05, 4.69) is 20.9 Å². The van der Waals surface area contributed by atoms with Gasteiger partial charge in [0.15, 0.2) is 0 Å². The zero-order valence-electron chi connectivity index (χ0n) is 15.6. The summed E-state index contributed by atoms with van der Waals surface area (Å²) < 4.78 is 32.5. The fourth-order valence-corrected chi connectivity index (χ4v) is 2.63. The predicted octanol–water partition coefficient (Wildman–Crippen LogP) is 2.33. The van der Waals surface area contributed by atoms with Gasteiger partial charge in [0.1, 0.15) is 28.8 Å². The maximum Gasteiger partial charge on any atom is 0.262 e. The molecule has 1 saturated carbocycles. The van der Waals surface area contributed by atoms with Crippen LogP contribution in [-0.2, 0) is 4.79 Å². The third kappa shape index (κ3) is 4.48. The number of pyridine rings is 1. The third-order valence-corrected chi connectivity index (χ3v) is 4.29. The van der Waals surface area contributed by atoms with Crippen molar-refractivity contribution < 1.29 is 27.9 Å². The minimum atomic E-state index is -1.13. The number of amides is 3. The molecule has 0 aliphatic heterocycles. The lowest BCUT2D eigenvalue weighted by Gasteiger charge is -2.14. The molecule has 1 aliphatic rings. The molecule has 0 bridgehead atoms. The Kier molecular flexibility index (Phi) is 5.71. The van der Waals surface area contributed by atoms with Crippen LogP contribution in [0.1, 0.15) is 33.6 Å². The summed E-state index contributed by atoms with van der Waals surface area (Å²) in [5.41, 5.74) is -0.551. The van der Waals surface area contributed by atoms with Gasteiger partial charge in [0.05, 0.1) is 18.4 Å². The van der Waals surface area contributed by atoms with Crippen molar-refractivity contribution in [2.75, 3.05) is 24.8 Å². The highest BCUT2D eigenvalue weighted by atomic mass is 19.1. The van der Waals surface area contributed by atoms with Crippen LogP contribution in [0.25, 0.3) is 0 Å². The molecular weight excluding hydrogens is 386 g/mol. The maximum atomic E-state index is 14.2. The summed E-state index contributed by atoms with van der Waals surface area (Å²) in [5.74, 6) is -4.03. The predicted molar refractivity (Wildman–Crippen MR) is 99.8 cm³/mol. The first-order valence-electron chi connectivity index (χ1n) is 8.71. The van der Waals surface area contributed by atoms with E-state index in [4.69, 9.17) is 4.74 Å². The Morgan fingerprint density at radius 3 is 2.45 bits per heavy atom. The van der Waals surface area contributed by atoms with Crippen molar-refractivity contribution >= 4 is 29.2 Å². The van der Waals surface area contributed by atoms with E-state index in [0.717, 1.165) is 18.9 Å². The molecule has 3 amide bonds. The molecule has 0 unspecified atom stereocenters. The number of hydrogen-bond acceptors (Lipinski definition) is 5. The van der Waals surface area contributed by atoms with Crippen LogP contribution in [0.4, 0.5) is 20.3 Å². The largest absolute Gasteiger partial charge is 0.496 e. The van der Waals surface area contributed by atoms with Gasteiger partial charge in [0.2, 0.25) is 5.91 Å². The van der Waals surface area contributed by atoms with E-state index in [-0.39, 0.29) is 34.6 Å². The number of methoxy groups -OCH3 is 1. The van der Waals surface area contributed by atoms with Gasteiger partial charge in [-0.2, -0.15) is 0 Å². The molecule has 1 fully saturated rings. The first-order valence-corrected chi connectivity index (χ1v) is 8.71. The molecule has 8 nitrogen and oxygen atoms in total. The highest BCUT2D eigenvalue weighted by molar-refractivity contribution is 6.10. The molecule has 1 aromatic carbocycles. The molecule has 10 heteroatoms. The molecule has 3 rings (SSSR count). The number of carbonyl (C=O) groups is 3. The second-order valence-electron chi connectivity index (χ2n) is 6.38. The Morgan fingerprint density at radius 2 is 1.83 bits per heavy atom. The molecule has 1 aromatic heterocycles. The molecule has 29 heavy (non-hydrogen) atoms. The van der Waals surface area contributed by atoms with Gasteiger partial charge in [0, 0.05) is 37.4 Å². The summed E-state index contributed by atoms with van der Waals surface area (Å²) in [6.45, 7) is 0. The first kappa shape index (κ1) is 20.2. The number of rotatable bonds is 6. The zero-order chi connectivity index (χ0) is 21.1. The van der Waals surface area contributed by atoms with Crippen molar-refractivity contribution in [1.29, 1.82) is 0 Å². The number of nitrogens with zero attached hydrogens (tertiary/aromatic N) is 1. The van der Waals surface area contributed by atoms with Gasteiger partial charge in [-0.1, -0.05) is 0 Å². The van der Waals surface area contributed by atoms with E-state index in [0.29, 0.717) is 6.07 Å². The summed E-state index contributed by atoms with van der Waals surface area (Å²) in [7, 11) is 2.55. The molecule has 0 saturated heterocycles. The highest BCUT2D eigenvalue weighted by Crippen LogP contribution is 2.31. The summed E-state index contributed by atoms with van der Waals surface area (Å²) in [5, 5.41) is 7.40. The molecule has 0 spiro atoms. The quantitative estimate of drug-likeness (QED) is 0.685. The Bertz CT molecular complexity index is 992. The van der Waals surface area contributed by atoms with Crippen LogP contribution < -0.4 is 20.7 Å². The van der Waals surface area contributed by atoms with Crippen LogP contribution in [-0.4, -0.2) is 36.9 Å². The van der Waals surface area contributed by atoms with E-state index in [1.807, 2.05) is 0 Å². The lowest BCUT2D eigenvalue weighted by Crippen LogP contribution is -2.23. The molecule has 1 aliphatic carbocycles. The number of carbonyl (C=O) groups excluding carboxylic acids is 3. The minimum absolute atomic E-state index is 0.00763. The molecule has 3 N–H and O–H groups in total. The first-order chi connectivity index (χ1) is 13.8. The Balaban J connectivity index is 1.94. The number of nitrogens with one attached hydrogen (secondary N) is 3. The number of benzene rings is 1. The Morgan fingerprint density at radius 1 is 1.10 bits per heavy atom. The number of aromatic nitrogens is 1. The monoisotopic (exact) mass is 404 g/mol. The fraction of sp³-hybridized carbons (Fsp3) is 0.263. The summed E-state index contributed by atoms with van der Waals surface area (Å²) in [6, 6.07) is 2.70. The summed E-state index contributed by atoms with van der Waals surface area (Å²) in [6.07, 6.45) is 2.75. The van der Waals surface area contributed by atoms with Crippen molar-refractivity contribution in [3.05, 3.63) is 47.2 Å². The lowest BCUT2D eigenvalue weighted by molar-refractivity contribution is -0.117. The summed E-state index contributed by atoms with van der Waals surface area (Å²) >= 11 is 0. The van der Waals surface area contributed by atoms with Crippen LogP contribution in [0.2, 0.25) is 0 Å². The number of anilines is 2. The number of hydrogen-bond donors (Lipinski definition) is 3. The molecular formula is C19H18F2N4O4. The fourth-order valence-electron chi connectivity index (χ4n) is 2.63. The summed E-state index contributed by atoms with van der Waals surface area (Å²) in [4.78, 5) is 40.7. The maximum absolute atomic E-state index is 14.2. The second-order valence-corrected chi connectivity index (χ2v) is 6.38. The molecule has 0 radical (unpaired) electrons. The Hall–Kier alpha value is -3.56. The third-order valence-electron chi connectivity index (χ3n) is 4.29. The van der Waals surface area contributed by atoms with Gasteiger partial charge < -0.3 is 20.7 Å². The van der Waals surface area contributed by atoms with Crippen LogP contribution in [0.15, 0.2) is 24.4 Å². The van der Waals surface area contributed by atoms with Crippen molar-refractivity contribution in [2.24, 2.45) is 5.92 Å². The lowest BCUT2D eigenvalue weighted by atomic mass is 10.1. The average molecular weight is 404 g/mol. The van der Waals surface area contributed by atoms with E-state index >= 15 is 0 Å². The van der Waals surface area contributed by atoms with Gasteiger partial charge in [0.25, 0.3) is 11.8 Å². The molecule has 2 aromatic rings. The van der Waals surface area contributed by atoms with Gasteiger partial charge in [-0.05, 0) is 12.8 Å². The van der Waals surface area contributed by atoms with Crippen LogP contribution >= 0.6 is 0 Å². The highest BCUT2D eigenvalue weighted by Gasteiger charge is 2.30. The van der Waals surface area contributed by atoms with Crippen molar-refractivity contribution in [3.63, 3.8) is 0 Å². The van der Waals surface area contributed by atoms with Gasteiger partial charge in [-0.3, -0.25) is 14.4 Å². The van der Waals surface area contributed by atoms with Crippen molar-refractivity contribution in [2.45, 2.75) is 12.8 Å². The van der Waals surface area contributed by atoms with E-state index in [1.165, 1.54) is 26.4 Å². The van der Waals surface area contributed by atoms with Crippen molar-refractivity contribution in [3.8, 4) is 5.75 Å². The van der Waals surface area contributed by atoms with Gasteiger partial charge >= 0.3 is 0 Å². The smallest absolute Gasteiger partial charge is 0.262 e. The standard InChI is InChI=1S/C19H18F2N4O4/c1-22-18(27)11-8-23-15(25-17(26)9-3-4-9)7-13(11)24-19(28)16-12(21)5-10(20)6-14(16)29-2/h5-9H,3-4H2,1-2H3,(H,22,27)(H2,23,24,25,26,28). The topological polar surface area (TPSA) is 109 Å². The van der Waals surface area contributed by atoms with Crippen LogP contribution in [0.5, 0.6) is 5.75 Å². The minimum Gasteiger partial charge on any atom is -0.496 e. The van der Waals surface area contributed by atoms with Crippen LogP contribution in [0, 0.1) is 17.6 Å². The zero-order valence-corrected chi connectivity index (χ0v) is 15.6. The molecule has 1 heterocycles. The van der Waals surface area contributed by atoms with E-state index < -0.39 is 29.0 Å². The number of halogens is 2. The SMILES string of the molecule is CNC(=O)c1cnc(NC(=O)C2CC2)cc1NC(=O)c1c(F)cc(F)cc1OC. The average Bonchev–Trinajstić information content (AvgIpc) is 3.52. The number of ether oxygens (including phenoxy) is 1. The normalized spacial score (nSPS) is 12.8. The van der Waals surface area contributed by atoms with Gasteiger partial charge in [-0.25, -0.2) is 13.8 Å². The van der Waals surface area contributed by atoms with Gasteiger partial charge in [-0.15, -0.1) is 0 Å². The van der Waals surface area contributed by atoms with E-state index in [9.17, 15) is 23.2 Å². The van der Waals surface area contributed by atoms with Crippen molar-refractivity contribution in [1.82, 2.24) is 10.3 Å². The van der Waals surface area contributed by atoms with E-state index in [1.54, 1.807) is 0 Å². The molecule has 152 valence electrons.